The summed E-state index contributed by atoms with van der Waals surface area (Å²) >= 11 is 0. The molecule has 1 aliphatic carbocycles. The molecule has 1 aromatic carbocycles. The van der Waals surface area contributed by atoms with Crippen molar-refractivity contribution in [1.29, 1.82) is 0 Å². The second-order valence-electron chi connectivity index (χ2n) is 5.89. The SMILES string of the molecule is CNCC(OC1CCCCC1C)c1ccc(C)cc1. The summed E-state index contributed by atoms with van der Waals surface area (Å²) in [6.45, 7) is 5.34. The summed E-state index contributed by atoms with van der Waals surface area (Å²) in [4.78, 5) is 0. The first-order chi connectivity index (χ1) is 9.20. The fraction of sp³-hybridized carbons (Fsp3) is 0.647. The molecule has 0 bridgehead atoms. The van der Waals surface area contributed by atoms with Crippen LogP contribution in [0.2, 0.25) is 0 Å². The fourth-order valence-electron chi connectivity index (χ4n) is 2.91. The Labute approximate surface area is 117 Å². The summed E-state index contributed by atoms with van der Waals surface area (Å²) in [5.74, 6) is 0.693. The summed E-state index contributed by atoms with van der Waals surface area (Å²) < 4.78 is 6.41. The van der Waals surface area contributed by atoms with Crippen molar-refractivity contribution >= 4 is 0 Å². The third-order valence-electron chi connectivity index (χ3n) is 4.21. The number of nitrogens with one attached hydrogen (secondary N) is 1. The van der Waals surface area contributed by atoms with Crippen LogP contribution in [0.4, 0.5) is 0 Å². The van der Waals surface area contributed by atoms with E-state index in [0.29, 0.717) is 12.0 Å². The first kappa shape index (κ1) is 14.5. The molecule has 2 rings (SSSR count). The lowest BCUT2D eigenvalue weighted by atomic mass is 9.87. The Hall–Kier alpha value is -0.860. The van der Waals surface area contributed by atoms with Crippen molar-refractivity contribution in [2.45, 2.75) is 51.7 Å². The number of likely N-dealkylation sites (N-methyl/N-ethyl adjacent to an activating group) is 1. The highest BCUT2D eigenvalue weighted by molar-refractivity contribution is 5.23. The average Bonchev–Trinajstić information content (AvgIpc) is 2.42. The van der Waals surface area contributed by atoms with Gasteiger partial charge in [-0.2, -0.15) is 0 Å². The lowest BCUT2D eigenvalue weighted by Gasteiger charge is -2.32. The van der Waals surface area contributed by atoms with Gasteiger partial charge in [-0.15, -0.1) is 0 Å². The molecule has 1 fully saturated rings. The van der Waals surface area contributed by atoms with Crippen molar-refractivity contribution in [2.24, 2.45) is 5.92 Å². The molecule has 1 saturated carbocycles. The zero-order valence-corrected chi connectivity index (χ0v) is 12.5. The highest BCUT2D eigenvalue weighted by atomic mass is 16.5. The number of benzene rings is 1. The zero-order valence-electron chi connectivity index (χ0n) is 12.5. The molecular weight excluding hydrogens is 234 g/mol. The summed E-state index contributed by atoms with van der Waals surface area (Å²) in [5, 5.41) is 3.26. The molecule has 0 radical (unpaired) electrons. The van der Waals surface area contributed by atoms with Crippen LogP contribution in [0.3, 0.4) is 0 Å². The van der Waals surface area contributed by atoms with Crippen molar-refractivity contribution < 1.29 is 4.74 Å². The van der Waals surface area contributed by atoms with Crippen LogP contribution in [-0.2, 0) is 4.74 Å². The van der Waals surface area contributed by atoms with E-state index >= 15 is 0 Å². The van der Waals surface area contributed by atoms with Gasteiger partial charge in [0.05, 0.1) is 12.2 Å². The standard InChI is InChI=1S/C17H27NO/c1-13-8-10-15(11-9-13)17(12-18-3)19-16-7-5-4-6-14(16)2/h8-11,14,16-18H,4-7,12H2,1-3H3. The molecular formula is C17H27NO. The zero-order chi connectivity index (χ0) is 13.7. The number of ether oxygens (including phenoxy) is 1. The monoisotopic (exact) mass is 261 g/mol. The molecule has 106 valence electrons. The van der Waals surface area contributed by atoms with Gasteiger partial charge in [0.15, 0.2) is 0 Å². The first-order valence-electron chi connectivity index (χ1n) is 7.57. The van der Waals surface area contributed by atoms with E-state index in [1.165, 1.54) is 36.8 Å². The molecule has 1 aromatic rings. The maximum absolute atomic E-state index is 6.41. The third-order valence-corrected chi connectivity index (χ3v) is 4.21. The van der Waals surface area contributed by atoms with Gasteiger partial charge in [0.25, 0.3) is 0 Å². The number of hydrogen-bond acceptors (Lipinski definition) is 2. The predicted octanol–water partition coefficient (Wildman–Crippen LogP) is 3.85. The normalized spacial score (nSPS) is 25.2. The second kappa shape index (κ2) is 7.06. The maximum atomic E-state index is 6.41. The quantitative estimate of drug-likeness (QED) is 0.869. The van der Waals surface area contributed by atoms with E-state index < -0.39 is 0 Å². The summed E-state index contributed by atoms with van der Waals surface area (Å²) in [7, 11) is 1.99. The number of hydrogen-bond donors (Lipinski definition) is 1. The summed E-state index contributed by atoms with van der Waals surface area (Å²) in [6, 6.07) is 8.74. The fourth-order valence-corrected chi connectivity index (χ4v) is 2.91. The molecule has 0 spiro atoms. The molecule has 3 atom stereocenters. The molecule has 0 aromatic heterocycles. The molecule has 3 unspecified atom stereocenters. The van der Waals surface area contributed by atoms with Gasteiger partial charge in [0, 0.05) is 6.54 Å². The van der Waals surface area contributed by atoms with Gasteiger partial charge in [-0.25, -0.2) is 0 Å². The molecule has 0 heterocycles. The Morgan fingerprint density at radius 2 is 1.89 bits per heavy atom. The van der Waals surface area contributed by atoms with Gasteiger partial charge in [0.2, 0.25) is 0 Å². The molecule has 0 aliphatic heterocycles. The van der Waals surface area contributed by atoms with Gasteiger partial charge in [-0.05, 0) is 38.3 Å². The average molecular weight is 261 g/mol. The van der Waals surface area contributed by atoms with Crippen LogP contribution in [0.5, 0.6) is 0 Å². The molecule has 1 N–H and O–H groups in total. The van der Waals surface area contributed by atoms with E-state index in [1.807, 2.05) is 7.05 Å². The minimum absolute atomic E-state index is 0.177. The van der Waals surface area contributed by atoms with Crippen LogP contribution in [-0.4, -0.2) is 19.7 Å². The molecule has 2 nitrogen and oxygen atoms in total. The highest BCUT2D eigenvalue weighted by Gasteiger charge is 2.25. The van der Waals surface area contributed by atoms with Gasteiger partial charge < -0.3 is 10.1 Å². The Morgan fingerprint density at radius 1 is 1.21 bits per heavy atom. The minimum Gasteiger partial charge on any atom is -0.369 e. The van der Waals surface area contributed by atoms with Crippen LogP contribution < -0.4 is 5.32 Å². The van der Waals surface area contributed by atoms with Crippen molar-refractivity contribution in [3.05, 3.63) is 35.4 Å². The molecule has 0 saturated heterocycles. The smallest absolute Gasteiger partial charge is 0.0952 e. The van der Waals surface area contributed by atoms with E-state index in [0.717, 1.165) is 6.54 Å². The Balaban J connectivity index is 2.04. The van der Waals surface area contributed by atoms with E-state index in [4.69, 9.17) is 4.74 Å². The van der Waals surface area contributed by atoms with Gasteiger partial charge in [-0.3, -0.25) is 0 Å². The second-order valence-corrected chi connectivity index (χ2v) is 5.89. The first-order valence-corrected chi connectivity index (χ1v) is 7.57. The third kappa shape index (κ3) is 4.05. The van der Waals surface area contributed by atoms with Crippen molar-refractivity contribution in [2.75, 3.05) is 13.6 Å². The molecule has 0 amide bonds. The van der Waals surface area contributed by atoms with Crippen molar-refractivity contribution in [3.63, 3.8) is 0 Å². The van der Waals surface area contributed by atoms with Gasteiger partial charge in [-0.1, -0.05) is 49.6 Å². The van der Waals surface area contributed by atoms with E-state index in [-0.39, 0.29) is 6.10 Å². The minimum atomic E-state index is 0.177. The van der Waals surface area contributed by atoms with Gasteiger partial charge in [0.1, 0.15) is 0 Å². The van der Waals surface area contributed by atoms with Crippen LogP contribution in [0.25, 0.3) is 0 Å². The Bertz CT molecular complexity index is 373. The van der Waals surface area contributed by atoms with Gasteiger partial charge >= 0.3 is 0 Å². The van der Waals surface area contributed by atoms with E-state index in [2.05, 4.69) is 43.4 Å². The molecule has 19 heavy (non-hydrogen) atoms. The van der Waals surface area contributed by atoms with Crippen LogP contribution >= 0.6 is 0 Å². The van der Waals surface area contributed by atoms with Crippen LogP contribution in [0.15, 0.2) is 24.3 Å². The molecule has 1 aliphatic rings. The predicted molar refractivity (Wildman–Crippen MR) is 80.4 cm³/mol. The maximum Gasteiger partial charge on any atom is 0.0952 e. The topological polar surface area (TPSA) is 21.3 Å². The Morgan fingerprint density at radius 3 is 2.53 bits per heavy atom. The Kier molecular flexibility index (Phi) is 5.41. The van der Waals surface area contributed by atoms with E-state index in [1.54, 1.807) is 0 Å². The lowest BCUT2D eigenvalue weighted by Crippen LogP contribution is -2.30. The van der Waals surface area contributed by atoms with Crippen LogP contribution in [0.1, 0.15) is 49.8 Å². The van der Waals surface area contributed by atoms with E-state index in [9.17, 15) is 0 Å². The number of aryl methyl sites for hydroxylation is 1. The number of rotatable bonds is 5. The van der Waals surface area contributed by atoms with Crippen LogP contribution in [0, 0.1) is 12.8 Å². The van der Waals surface area contributed by atoms with Crippen molar-refractivity contribution in [1.82, 2.24) is 5.32 Å². The largest absolute Gasteiger partial charge is 0.369 e. The lowest BCUT2D eigenvalue weighted by molar-refractivity contribution is -0.0558. The molecule has 2 heteroatoms. The summed E-state index contributed by atoms with van der Waals surface area (Å²) in [6.07, 6.45) is 5.81. The highest BCUT2D eigenvalue weighted by Crippen LogP contribution is 2.30. The summed E-state index contributed by atoms with van der Waals surface area (Å²) in [5.41, 5.74) is 2.59. The van der Waals surface area contributed by atoms with Crippen molar-refractivity contribution in [3.8, 4) is 0 Å².